The molecule has 1 N–H and O–H groups in total. The van der Waals surface area contributed by atoms with Crippen molar-refractivity contribution in [3.8, 4) is 0 Å². The van der Waals surface area contributed by atoms with Gasteiger partial charge in [-0.15, -0.1) is 11.3 Å². The number of aromatic nitrogens is 2. The van der Waals surface area contributed by atoms with Crippen molar-refractivity contribution in [1.82, 2.24) is 9.55 Å². The van der Waals surface area contributed by atoms with Gasteiger partial charge in [-0.05, 0) is 37.5 Å². The smallest absolute Gasteiger partial charge is 0.349 e. The van der Waals surface area contributed by atoms with Gasteiger partial charge in [0.25, 0.3) is 11.5 Å². The summed E-state index contributed by atoms with van der Waals surface area (Å²) in [5.41, 5.74) is 0.809. The van der Waals surface area contributed by atoms with Gasteiger partial charge in [0.1, 0.15) is 15.5 Å². The summed E-state index contributed by atoms with van der Waals surface area (Å²) < 4.78 is 11.6. The number of fused-ring (bicyclic) bond motifs is 2. The first-order valence-corrected chi connectivity index (χ1v) is 11.4. The molecule has 33 heavy (non-hydrogen) atoms. The molecule has 1 aromatic carbocycles. The van der Waals surface area contributed by atoms with Crippen LogP contribution < -0.4 is 10.9 Å². The summed E-state index contributed by atoms with van der Waals surface area (Å²) in [6.07, 6.45) is 3.69. The van der Waals surface area contributed by atoms with Crippen LogP contribution in [0.5, 0.6) is 0 Å². The van der Waals surface area contributed by atoms with Gasteiger partial charge in [0.15, 0.2) is 6.61 Å². The molecule has 0 fully saturated rings. The van der Waals surface area contributed by atoms with Crippen molar-refractivity contribution < 1.29 is 23.9 Å². The molecular weight excluding hydrogens is 446 g/mol. The average molecular weight is 470 g/mol. The molecule has 0 bridgehead atoms. The van der Waals surface area contributed by atoms with E-state index in [9.17, 15) is 19.2 Å². The Morgan fingerprint density at radius 3 is 2.73 bits per heavy atom. The molecule has 4 rings (SSSR count). The molecule has 3 heterocycles. The summed E-state index contributed by atoms with van der Waals surface area (Å²) in [6, 6.07) is 6.36. The van der Waals surface area contributed by atoms with E-state index >= 15 is 0 Å². The molecule has 2 aromatic heterocycles. The van der Waals surface area contributed by atoms with Crippen molar-refractivity contribution in [1.29, 1.82) is 0 Å². The van der Waals surface area contributed by atoms with Gasteiger partial charge in [-0.1, -0.05) is 18.6 Å². The largest absolute Gasteiger partial charge is 0.465 e. The van der Waals surface area contributed by atoms with Crippen LogP contribution in [0.4, 0.5) is 5.69 Å². The molecule has 1 aliphatic rings. The van der Waals surface area contributed by atoms with E-state index in [-0.39, 0.29) is 21.7 Å². The first kappa shape index (κ1) is 22.7. The van der Waals surface area contributed by atoms with Gasteiger partial charge in [0.2, 0.25) is 0 Å². The van der Waals surface area contributed by atoms with E-state index in [1.54, 1.807) is 29.7 Å². The number of rotatable bonds is 5. The molecule has 0 atom stereocenters. The predicted octanol–water partition coefficient (Wildman–Crippen LogP) is 3.07. The number of thiophene rings is 1. The monoisotopic (exact) mass is 469 g/mol. The Kier molecular flexibility index (Phi) is 6.55. The third-order valence-electron chi connectivity index (χ3n) is 5.54. The molecule has 0 saturated heterocycles. The second kappa shape index (κ2) is 9.53. The fourth-order valence-electron chi connectivity index (χ4n) is 3.87. The van der Waals surface area contributed by atoms with Crippen molar-refractivity contribution in [2.24, 2.45) is 0 Å². The Hall–Kier alpha value is -3.53. The minimum atomic E-state index is -0.702. The van der Waals surface area contributed by atoms with Crippen molar-refractivity contribution in [3.63, 3.8) is 0 Å². The Labute approximate surface area is 193 Å². The van der Waals surface area contributed by atoms with Crippen LogP contribution in [0.2, 0.25) is 0 Å². The van der Waals surface area contributed by atoms with E-state index in [1.807, 2.05) is 0 Å². The number of carbonyl (C=O) groups excluding carboxylic acids is 3. The highest BCUT2D eigenvalue weighted by Gasteiger charge is 2.24. The number of aryl methyl sites for hydroxylation is 2. The lowest BCUT2D eigenvalue weighted by Crippen LogP contribution is -2.24. The molecular formula is C23H23N3O6S. The van der Waals surface area contributed by atoms with Crippen LogP contribution in [-0.2, 0) is 27.2 Å². The fraction of sp³-hybridized carbons (Fsp3) is 0.348. The van der Waals surface area contributed by atoms with Crippen LogP contribution in [0.3, 0.4) is 0 Å². The molecule has 0 aliphatic carbocycles. The molecule has 1 aliphatic heterocycles. The van der Waals surface area contributed by atoms with Crippen LogP contribution in [0.25, 0.3) is 10.2 Å². The number of hydrogen-bond donors (Lipinski definition) is 1. The van der Waals surface area contributed by atoms with Crippen molar-refractivity contribution in [3.05, 3.63) is 56.4 Å². The Morgan fingerprint density at radius 1 is 1.15 bits per heavy atom. The molecule has 1 amide bonds. The first-order valence-electron chi connectivity index (χ1n) is 10.6. The zero-order valence-electron chi connectivity index (χ0n) is 18.3. The zero-order chi connectivity index (χ0) is 23.5. The van der Waals surface area contributed by atoms with E-state index in [0.29, 0.717) is 22.3 Å². The number of ether oxygens (including phenoxy) is 2. The molecule has 172 valence electrons. The van der Waals surface area contributed by atoms with Gasteiger partial charge >= 0.3 is 11.9 Å². The summed E-state index contributed by atoms with van der Waals surface area (Å²) in [4.78, 5) is 55.3. The number of amides is 1. The lowest BCUT2D eigenvalue weighted by Gasteiger charge is -2.10. The number of methoxy groups -OCH3 is 1. The zero-order valence-corrected chi connectivity index (χ0v) is 19.1. The minimum Gasteiger partial charge on any atom is -0.465 e. The van der Waals surface area contributed by atoms with E-state index in [2.05, 4.69) is 10.3 Å². The van der Waals surface area contributed by atoms with Crippen LogP contribution in [0.1, 0.15) is 50.7 Å². The fourth-order valence-corrected chi connectivity index (χ4v) is 4.95. The van der Waals surface area contributed by atoms with Gasteiger partial charge < -0.3 is 14.8 Å². The molecule has 0 saturated carbocycles. The van der Waals surface area contributed by atoms with E-state index in [1.165, 1.54) is 13.2 Å². The van der Waals surface area contributed by atoms with Gasteiger partial charge in [-0.2, -0.15) is 0 Å². The van der Waals surface area contributed by atoms with Crippen LogP contribution in [0.15, 0.2) is 29.1 Å². The maximum atomic E-state index is 13.0. The Bertz CT molecular complexity index is 1310. The minimum absolute atomic E-state index is 0.137. The lowest BCUT2D eigenvalue weighted by molar-refractivity contribution is -0.119. The highest BCUT2D eigenvalue weighted by molar-refractivity contribution is 7.20. The summed E-state index contributed by atoms with van der Waals surface area (Å²) in [7, 11) is 1.24. The van der Waals surface area contributed by atoms with Gasteiger partial charge in [0, 0.05) is 13.0 Å². The van der Waals surface area contributed by atoms with Gasteiger partial charge in [-0.25, -0.2) is 14.6 Å². The SMILES string of the molecule is COC(=O)c1ccccc1NC(=O)COC(=O)c1sc2nc3n(c(=O)c2c1C)CCCCC3. The van der Waals surface area contributed by atoms with Crippen molar-refractivity contribution >= 4 is 45.1 Å². The number of nitrogens with one attached hydrogen (secondary N) is 1. The molecule has 10 heteroatoms. The van der Waals surface area contributed by atoms with Gasteiger partial charge in [0.05, 0.1) is 23.7 Å². The number of para-hydroxylation sites is 1. The van der Waals surface area contributed by atoms with Crippen LogP contribution >= 0.6 is 11.3 Å². The number of hydrogen-bond acceptors (Lipinski definition) is 8. The summed E-state index contributed by atoms with van der Waals surface area (Å²) >= 11 is 1.10. The molecule has 0 radical (unpaired) electrons. The van der Waals surface area contributed by atoms with E-state index < -0.39 is 24.5 Å². The molecule has 3 aromatic rings. The summed E-state index contributed by atoms with van der Waals surface area (Å²) in [6.45, 7) is 1.76. The number of nitrogens with zero attached hydrogens (tertiary/aromatic N) is 2. The van der Waals surface area contributed by atoms with Crippen molar-refractivity contribution in [2.75, 3.05) is 19.0 Å². The average Bonchev–Trinajstić information content (AvgIpc) is 2.97. The second-order valence-corrected chi connectivity index (χ2v) is 8.69. The predicted molar refractivity (Wildman–Crippen MR) is 123 cm³/mol. The third kappa shape index (κ3) is 4.51. The summed E-state index contributed by atoms with van der Waals surface area (Å²) in [5.74, 6) is -1.16. The van der Waals surface area contributed by atoms with E-state index in [4.69, 9.17) is 9.47 Å². The normalized spacial score (nSPS) is 13.2. The third-order valence-corrected chi connectivity index (χ3v) is 6.70. The maximum absolute atomic E-state index is 13.0. The number of carbonyl (C=O) groups is 3. The maximum Gasteiger partial charge on any atom is 0.349 e. The van der Waals surface area contributed by atoms with Crippen LogP contribution in [0, 0.1) is 6.92 Å². The summed E-state index contributed by atoms with van der Waals surface area (Å²) in [5, 5.41) is 2.97. The number of esters is 2. The topological polar surface area (TPSA) is 117 Å². The highest BCUT2D eigenvalue weighted by atomic mass is 32.1. The van der Waals surface area contributed by atoms with Crippen molar-refractivity contribution in [2.45, 2.75) is 39.2 Å². The molecule has 0 unspecified atom stereocenters. The Morgan fingerprint density at radius 2 is 1.94 bits per heavy atom. The first-order chi connectivity index (χ1) is 15.9. The highest BCUT2D eigenvalue weighted by Crippen LogP contribution is 2.29. The molecule has 9 nitrogen and oxygen atoms in total. The van der Waals surface area contributed by atoms with E-state index in [0.717, 1.165) is 42.8 Å². The molecule has 0 spiro atoms. The second-order valence-electron chi connectivity index (χ2n) is 7.69. The number of benzene rings is 1. The standard InChI is InChI=1S/C23H23N3O6S/c1-13-18-20(25-16-10-4-3-7-11-26(16)21(18)28)33-19(13)23(30)32-12-17(27)24-15-9-6-5-8-14(15)22(29)31-2/h5-6,8-9H,3-4,7,10-12H2,1-2H3,(H,24,27). The van der Waals surface area contributed by atoms with Gasteiger partial charge in [-0.3, -0.25) is 14.2 Å². The lowest BCUT2D eigenvalue weighted by atomic mass is 10.2. The quantitative estimate of drug-likeness (QED) is 0.571. The number of anilines is 1. The van der Waals surface area contributed by atoms with Crippen LogP contribution in [-0.4, -0.2) is 41.1 Å². The Balaban J connectivity index is 1.50.